The second-order valence-electron chi connectivity index (χ2n) is 5.49. The van der Waals surface area contributed by atoms with Crippen LogP contribution in [0.3, 0.4) is 0 Å². The summed E-state index contributed by atoms with van der Waals surface area (Å²) in [6.45, 7) is 6.50. The van der Waals surface area contributed by atoms with Crippen molar-refractivity contribution in [3.05, 3.63) is 69.7 Å². The third-order valence-electron chi connectivity index (χ3n) is 2.35. The number of halogens is 2. The summed E-state index contributed by atoms with van der Waals surface area (Å²) in [6, 6.07) is 11.9. The van der Waals surface area contributed by atoms with Gasteiger partial charge in [-0.1, -0.05) is 44.0 Å². The van der Waals surface area contributed by atoms with Crippen LogP contribution in [0, 0.1) is 5.92 Å². The van der Waals surface area contributed by atoms with E-state index in [0.717, 1.165) is 5.92 Å². The predicted molar refractivity (Wildman–Crippen MR) is 94.2 cm³/mol. The third-order valence-corrected chi connectivity index (χ3v) is 2.86. The summed E-state index contributed by atoms with van der Waals surface area (Å²) >= 11 is 11.4. The lowest BCUT2D eigenvalue weighted by Crippen LogP contribution is -2.11. The van der Waals surface area contributed by atoms with Crippen LogP contribution < -0.4 is 0 Å². The minimum Gasteiger partial charge on any atom is -0.242 e. The van der Waals surface area contributed by atoms with Crippen LogP contribution in [0.1, 0.15) is 41.5 Å². The number of benzene rings is 2. The molecule has 0 saturated carbocycles. The maximum atomic E-state index is 11.6. The topological polar surface area (TPSA) is 52.6 Å². The van der Waals surface area contributed by atoms with Gasteiger partial charge in [-0.3, -0.25) is 0 Å². The molecule has 0 heterocycles. The molecule has 2 aromatic carbocycles. The second-order valence-corrected chi connectivity index (χ2v) is 6.36. The molecule has 0 radical (unpaired) electrons. The van der Waals surface area contributed by atoms with Crippen molar-refractivity contribution in [2.24, 2.45) is 5.92 Å². The van der Waals surface area contributed by atoms with E-state index >= 15 is 0 Å². The molecule has 0 N–H and O–H groups in total. The van der Waals surface area contributed by atoms with E-state index in [0.29, 0.717) is 10.0 Å². The number of carbonyl (C=O) groups excluding carboxylic acids is 2. The highest BCUT2D eigenvalue weighted by Gasteiger charge is 2.13. The van der Waals surface area contributed by atoms with Crippen LogP contribution in [0.2, 0.25) is 10.0 Å². The third kappa shape index (κ3) is 7.49. The fraction of sp³-hybridized carbons (Fsp3) is 0.222. The first-order chi connectivity index (χ1) is 11.3. The van der Waals surface area contributed by atoms with Gasteiger partial charge in [0.25, 0.3) is 0 Å². The SMILES string of the molecule is CC(C)C.O=C(OOC(=O)c1ccc(Cl)cc1)c1ccc(Cl)cc1. The molecule has 0 atom stereocenters. The maximum absolute atomic E-state index is 11.6. The summed E-state index contributed by atoms with van der Waals surface area (Å²) in [5.41, 5.74) is 0.441. The highest BCUT2D eigenvalue weighted by atomic mass is 35.5. The van der Waals surface area contributed by atoms with Gasteiger partial charge in [-0.25, -0.2) is 19.4 Å². The standard InChI is InChI=1S/C14H8Cl2O4.C4H10/c15-11-5-1-9(2-6-11)13(17)19-20-14(18)10-3-7-12(16)8-4-10;1-4(2)3/h1-8H;4H,1-3H3. The Morgan fingerprint density at radius 2 is 0.958 bits per heavy atom. The van der Waals surface area contributed by atoms with Crippen molar-refractivity contribution >= 4 is 35.1 Å². The molecule has 6 heteroatoms. The first-order valence-electron chi connectivity index (χ1n) is 7.24. The Kier molecular flexibility index (Phi) is 8.30. The summed E-state index contributed by atoms with van der Waals surface area (Å²) in [5, 5.41) is 0.972. The highest BCUT2D eigenvalue weighted by molar-refractivity contribution is 6.31. The van der Waals surface area contributed by atoms with Crippen molar-refractivity contribution in [3.8, 4) is 0 Å². The number of rotatable bonds is 2. The van der Waals surface area contributed by atoms with Gasteiger partial charge >= 0.3 is 11.9 Å². The summed E-state index contributed by atoms with van der Waals surface area (Å²) < 4.78 is 0. The van der Waals surface area contributed by atoms with Gasteiger partial charge in [0.15, 0.2) is 0 Å². The first kappa shape index (κ1) is 20.0. The van der Waals surface area contributed by atoms with Crippen LogP contribution in [0.15, 0.2) is 48.5 Å². The van der Waals surface area contributed by atoms with Gasteiger partial charge in [0, 0.05) is 10.0 Å². The van der Waals surface area contributed by atoms with Crippen LogP contribution >= 0.6 is 23.2 Å². The van der Waals surface area contributed by atoms with Crippen LogP contribution in [0.5, 0.6) is 0 Å². The lowest BCUT2D eigenvalue weighted by atomic mass is 10.2. The van der Waals surface area contributed by atoms with E-state index in [-0.39, 0.29) is 11.1 Å². The fourth-order valence-corrected chi connectivity index (χ4v) is 1.60. The zero-order valence-corrected chi connectivity index (χ0v) is 15.1. The molecule has 0 spiro atoms. The van der Waals surface area contributed by atoms with Crippen LogP contribution in [0.4, 0.5) is 0 Å². The lowest BCUT2D eigenvalue weighted by molar-refractivity contribution is -0.187. The monoisotopic (exact) mass is 368 g/mol. The largest absolute Gasteiger partial charge is 0.386 e. The van der Waals surface area contributed by atoms with E-state index in [2.05, 4.69) is 30.5 Å². The Balaban J connectivity index is 0.000000648. The normalized spacial score (nSPS) is 9.75. The second kappa shape index (κ2) is 9.96. The number of hydrogen-bond acceptors (Lipinski definition) is 4. The highest BCUT2D eigenvalue weighted by Crippen LogP contribution is 2.12. The molecule has 0 saturated heterocycles. The predicted octanol–water partition coefficient (Wildman–Crippen LogP) is 5.58. The van der Waals surface area contributed by atoms with Crippen molar-refractivity contribution in [3.63, 3.8) is 0 Å². The van der Waals surface area contributed by atoms with E-state index in [1.54, 1.807) is 0 Å². The zero-order valence-electron chi connectivity index (χ0n) is 13.6. The van der Waals surface area contributed by atoms with E-state index in [1.807, 2.05) is 0 Å². The molecule has 0 fully saturated rings. The molecule has 4 nitrogen and oxygen atoms in total. The van der Waals surface area contributed by atoms with Crippen molar-refractivity contribution in [1.82, 2.24) is 0 Å². The van der Waals surface area contributed by atoms with Gasteiger partial charge < -0.3 is 0 Å². The van der Waals surface area contributed by atoms with Gasteiger partial charge in [-0.15, -0.1) is 0 Å². The van der Waals surface area contributed by atoms with Gasteiger partial charge in [0.05, 0.1) is 11.1 Å². The molecule has 0 aliphatic carbocycles. The molecular weight excluding hydrogens is 351 g/mol. The number of carbonyl (C=O) groups is 2. The molecule has 0 aromatic heterocycles. The molecule has 2 rings (SSSR count). The van der Waals surface area contributed by atoms with Crippen LogP contribution in [-0.4, -0.2) is 11.9 Å². The molecule has 0 bridgehead atoms. The molecule has 0 unspecified atom stereocenters. The Morgan fingerprint density at radius 3 is 1.21 bits per heavy atom. The average Bonchev–Trinajstić information content (AvgIpc) is 2.53. The minimum absolute atomic E-state index is 0.221. The lowest BCUT2D eigenvalue weighted by Gasteiger charge is -2.03. The van der Waals surface area contributed by atoms with E-state index in [1.165, 1.54) is 48.5 Å². The Labute approximate surface area is 151 Å². The number of hydrogen-bond donors (Lipinski definition) is 0. The van der Waals surface area contributed by atoms with E-state index in [4.69, 9.17) is 23.2 Å². The van der Waals surface area contributed by atoms with E-state index in [9.17, 15) is 9.59 Å². The van der Waals surface area contributed by atoms with Gasteiger partial charge in [0.2, 0.25) is 0 Å². The summed E-state index contributed by atoms with van der Waals surface area (Å²) in [7, 11) is 0. The van der Waals surface area contributed by atoms with Crippen molar-refractivity contribution in [2.45, 2.75) is 20.8 Å². The van der Waals surface area contributed by atoms with Crippen molar-refractivity contribution in [1.29, 1.82) is 0 Å². The molecule has 128 valence electrons. The quantitative estimate of drug-likeness (QED) is 0.512. The first-order valence-corrected chi connectivity index (χ1v) is 7.99. The molecule has 24 heavy (non-hydrogen) atoms. The summed E-state index contributed by atoms with van der Waals surface area (Å²) in [5.74, 6) is -0.743. The van der Waals surface area contributed by atoms with Crippen LogP contribution in [-0.2, 0) is 9.78 Å². The van der Waals surface area contributed by atoms with Gasteiger partial charge in [-0.2, -0.15) is 0 Å². The Morgan fingerprint density at radius 1 is 0.708 bits per heavy atom. The molecule has 0 amide bonds. The van der Waals surface area contributed by atoms with E-state index < -0.39 is 11.9 Å². The smallest absolute Gasteiger partial charge is 0.242 e. The Hall–Kier alpha value is -2.04. The molecule has 0 aliphatic rings. The zero-order chi connectivity index (χ0) is 18.1. The Bertz CT molecular complexity index is 604. The van der Waals surface area contributed by atoms with Gasteiger partial charge in [0.1, 0.15) is 0 Å². The molecule has 0 aliphatic heterocycles. The average molecular weight is 369 g/mol. The fourth-order valence-electron chi connectivity index (χ4n) is 1.34. The van der Waals surface area contributed by atoms with Crippen molar-refractivity contribution in [2.75, 3.05) is 0 Å². The summed E-state index contributed by atoms with van der Waals surface area (Å²) in [4.78, 5) is 32.1. The minimum atomic E-state index is -0.788. The molecular formula is C18H18Cl2O4. The van der Waals surface area contributed by atoms with Crippen molar-refractivity contribution < 1.29 is 19.4 Å². The van der Waals surface area contributed by atoms with Gasteiger partial charge in [-0.05, 0) is 54.4 Å². The molecule has 2 aromatic rings. The summed E-state index contributed by atoms with van der Waals surface area (Å²) in [6.07, 6.45) is 0. The van der Waals surface area contributed by atoms with Crippen LogP contribution in [0.25, 0.3) is 0 Å². The maximum Gasteiger partial charge on any atom is 0.386 e.